The third-order valence-electron chi connectivity index (χ3n) is 8.41. The van der Waals surface area contributed by atoms with Gasteiger partial charge in [0.25, 0.3) is 5.91 Å². The molecule has 1 aromatic heterocycles. The fourth-order valence-corrected chi connectivity index (χ4v) is 8.42. The maximum atomic E-state index is 14.4. The summed E-state index contributed by atoms with van der Waals surface area (Å²) in [5, 5.41) is 0.706. The second-order valence-corrected chi connectivity index (χ2v) is 15.9. The van der Waals surface area contributed by atoms with Crippen LogP contribution in [0.2, 0.25) is 0 Å². The van der Waals surface area contributed by atoms with Crippen LogP contribution in [-0.4, -0.2) is 86.9 Å². The first kappa shape index (κ1) is 35.3. The van der Waals surface area contributed by atoms with E-state index in [2.05, 4.69) is 32.7 Å². The second kappa shape index (κ2) is 14.3. The zero-order valence-electron chi connectivity index (χ0n) is 28.9. The van der Waals surface area contributed by atoms with Gasteiger partial charge in [-0.2, -0.15) is 0 Å². The maximum absolute atomic E-state index is 14.4. The predicted octanol–water partition coefficient (Wildman–Crippen LogP) is 7.07. The lowest BCUT2D eigenvalue weighted by molar-refractivity contribution is -0.115. The van der Waals surface area contributed by atoms with Gasteiger partial charge in [0.15, 0.2) is 17.2 Å². The summed E-state index contributed by atoms with van der Waals surface area (Å²) in [4.78, 5) is 46.7. The number of esters is 1. The Kier molecular flexibility index (Phi) is 10.5. The van der Waals surface area contributed by atoms with Crippen LogP contribution in [0.3, 0.4) is 0 Å². The molecule has 48 heavy (non-hydrogen) atoms. The standard InChI is InChI=1S/C35H43N3O8S2/c1-10-19-18-38(32(39)21-13-20-15-27(42-6)31(44-8)30(43-7)22(20)14-21)25-17-26(29-23(28(19)25)16-24(36-29)33(40)45-9)46-34(41)37(5)11-12-47-48-35(2,3)4/h13,15-17,19,36H,10-12,14,18H2,1-9H3. The molecule has 5 rings (SSSR count). The molecule has 0 radical (unpaired) electrons. The Labute approximate surface area is 289 Å². The molecule has 2 aromatic carbocycles. The van der Waals surface area contributed by atoms with Gasteiger partial charge in [-0.1, -0.05) is 49.3 Å². The molecule has 11 nitrogen and oxygen atoms in total. The average molecular weight is 698 g/mol. The normalized spacial score (nSPS) is 15.1. The van der Waals surface area contributed by atoms with Crippen LogP contribution in [0.1, 0.15) is 67.2 Å². The zero-order valence-corrected chi connectivity index (χ0v) is 30.5. The Balaban J connectivity index is 1.51. The Morgan fingerprint density at radius 1 is 1.02 bits per heavy atom. The van der Waals surface area contributed by atoms with Crippen molar-refractivity contribution in [1.82, 2.24) is 9.88 Å². The molecule has 1 aliphatic heterocycles. The number of hydrogen-bond acceptors (Lipinski definition) is 10. The predicted molar refractivity (Wildman–Crippen MR) is 191 cm³/mol. The molecule has 1 unspecified atom stereocenters. The van der Waals surface area contributed by atoms with Crippen LogP contribution in [0.15, 0.2) is 23.8 Å². The van der Waals surface area contributed by atoms with E-state index in [1.54, 1.807) is 67.0 Å². The third-order valence-corrected chi connectivity index (χ3v) is 11.7. The largest absolute Gasteiger partial charge is 0.493 e. The summed E-state index contributed by atoms with van der Waals surface area (Å²) in [6.45, 7) is 9.40. The summed E-state index contributed by atoms with van der Waals surface area (Å²) in [5.41, 5.74) is 4.51. The van der Waals surface area contributed by atoms with E-state index in [-0.39, 0.29) is 28.0 Å². The van der Waals surface area contributed by atoms with Gasteiger partial charge in [-0.25, -0.2) is 9.59 Å². The molecular weight excluding hydrogens is 655 g/mol. The molecule has 2 heterocycles. The first-order valence-electron chi connectivity index (χ1n) is 15.7. The highest BCUT2D eigenvalue weighted by Crippen LogP contribution is 2.49. The number of rotatable bonds is 11. The van der Waals surface area contributed by atoms with E-state index in [1.807, 2.05) is 12.1 Å². The van der Waals surface area contributed by atoms with Crippen molar-refractivity contribution < 1.29 is 38.1 Å². The van der Waals surface area contributed by atoms with Crippen molar-refractivity contribution in [3.05, 3.63) is 46.2 Å². The number of amides is 2. The lowest BCUT2D eigenvalue weighted by Crippen LogP contribution is -2.32. The van der Waals surface area contributed by atoms with Gasteiger partial charge in [-0.15, -0.1) is 0 Å². The van der Waals surface area contributed by atoms with Gasteiger partial charge < -0.3 is 38.5 Å². The monoisotopic (exact) mass is 697 g/mol. The van der Waals surface area contributed by atoms with E-state index in [0.717, 1.165) is 28.9 Å². The molecule has 2 amide bonds. The molecule has 1 N–H and O–H groups in total. The van der Waals surface area contributed by atoms with Crippen molar-refractivity contribution in [1.29, 1.82) is 0 Å². The number of benzene rings is 2. The molecule has 258 valence electrons. The number of methoxy groups -OCH3 is 4. The Hall–Kier alpha value is -3.97. The fraction of sp³-hybridized carbons (Fsp3) is 0.457. The van der Waals surface area contributed by atoms with Crippen LogP contribution in [0.5, 0.6) is 23.0 Å². The van der Waals surface area contributed by atoms with Crippen molar-refractivity contribution in [3.8, 4) is 23.0 Å². The van der Waals surface area contributed by atoms with Crippen molar-refractivity contribution >= 4 is 62.2 Å². The average Bonchev–Trinajstić information content (AvgIpc) is 3.79. The zero-order chi connectivity index (χ0) is 34.9. The topological polar surface area (TPSA) is 120 Å². The number of anilines is 1. The minimum absolute atomic E-state index is 0.0170. The van der Waals surface area contributed by atoms with Crippen molar-refractivity contribution in [3.63, 3.8) is 0 Å². The van der Waals surface area contributed by atoms with Crippen LogP contribution in [0, 0.1) is 0 Å². The summed E-state index contributed by atoms with van der Waals surface area (Å²) in [5.74, 6) is 1.72. The van der Waals surface area contributed by atoms with Gasteiger partial charge in [0.2, 0.25) is 5.75 Å². The molecule has 0 bridgehead atoms. The van der Waals surface area contributed by atoms with Gasteiger partial charge in [-0.05, 0) is 35.8 Å². The summed E-state index contributed by atoms with van der Waals surface area (Å²) in [6.07, 6.45) is 2.41. The lowest BCUT2D eigenvalue weighted by Gasteiger charge is -2.21. The number of nitrogens with one attached hydrogen (secondary N) is 1. The number of hydrogen-bond donors (Lipinski definition) is 1. The second-order valence-electron chi connectivity index (χ2n) is 12.7. The van der Waals surface area contributed by atoms with Crippen molar-refractivity contribution in [2.24, 2.45) is 0 Å². The third kappa shape index (κ3) is 6.80. The number of nitrogens with zero attached hydrogens (tertiary/aromatic N) is 2. The Morgan fingerprint density at radius 2 is 1.75 bits per heavy atom. The molecule has 0 saturated heterocycles. The first-order valence-corrected chi connectivity index (χ1v) is 18.0. The number of carbonyl (C=O) groups excluding carboxylic acids is 3. The van der Waals surface area contributed by atoms with E-state index in [4.69, 9.17) is 23.7 Å². The number of H-pyrrole nitrogens is 1. The Bertz CT molecular complexity index is 1780. The van der Waals surface area contributed by atoms with Gasteiger partial charge in [0, 0.05) is 65.6 Å². The quantitative estimate of drug-likeness (QED) is 0.127. The number of carbonyl (C=O) groups is 3. The highest BCUT2D eigenvalue weighted by atomic mass is 33.1. The van der Waals surface area contributed by atoms with Gasteiger partial charge in [0.05, 0.1) is 39.6 Å². The van der Waals surface area contributed by atoms with E-state index < -0.39 is 12.1 Å². The summed E-state index contributed by atoms with van der Waals surface area (Å²) in [7, 11) is 11.1. The molecule has 1 atom stereocenters. The molecule has 3 aromatic rings. The number of fused-ring (bicyclic) bond motifs is 4. The first-order chi connectivity index (χ1) is 22.8. The van der Waals surface area contributed by atoms with Crippen LogP contribution in [0.4, 0.5) is 10.5 Å². The van der Waals surface area contributed by atoms with Gasteiger partial charge >= 0.3 is 12.1 Å². The molecular formula is C35H43N3O8S2. The van der Waals surface area contributed by atoms with Gasteiger partial charge in [-0.3, -0.25) is 4.79 Å². The van der Waals surface area contributed by atoms with Crippen LogP contribution in [0.25, 0.3) is 17.0 Å². The minimum atomic E-state index is -0.546. The molecule has 0 spiro atoms. The van der Waals surface area contributed by atoms with Gasteiger partial charge in [0.1, 0.15) is 5.69 Å². The lowest BCUT2D eigenvalue weighted by atomic mass is 9.95. The highest BCUT2D eigenvalue weighted by Gasteiger charge is 2.38. The molecule has 2 aliphatic rings. The van der Waals surface area contributed by atoms with Crippen molar-refractivity contribution in [2.75, 3.05) is 59.2 Å². The molecule has 1 aliphatic carbocycles. The highest BCUT2D eigenvalue weighted by molar-refractivity contribution is 8.77. The molecule has 0 fully saturated rings. The van der Waals surface area contributed by atoms with Crippen LogP contribution >= 0.6 is 21.6 Å². The number of aromatic nitrogens is 1. The maximum Gasteiger partial charge on any atom is 0.415 e. The van der Waals surface area contributed by atoms with E-state index in [9.17, 15) is 14.4 Å². The van der Waals surface area contributed by atoms with E-state index in [0.29, 0.717) is 58.9 Å². The van der Waals surface area contributed by atoms with E-state index >= 15 is 0 Å². The molecule has 0 saturated carbocycles. The van der Waals surface area contributed by atoms with Crippen LogP contribution in [-0.2, 0) is 16.0 Å². The summed E-state index contributed by atoms with van der Waals surface area (Å²) < 4.78 is 27.9. The molecule has 13 heteroatoms. The smallest absolute Gasteiger partial charge is 0.415 e. The SMILES string of the molecule is CCC1CN(C(=O)C2=Cc3cc(OC)c(OC)c(OC)c3C2)c2cc(OC(=O)N(C)CCSSC(C)(C)C)c3[nH]c(C(=O)OC)cc3c21. The van der Waals surface area contributed by atoms with Crippen molar-refractivity contribution in [2.45, 2.75) is 51.2 Å². The van der Waals surface area contributed by atoms with E-state index in [1.165, 1.54) is 12.0 Å². The Morgan fingerprint density at radius 3 is 2.38 bits per heavy atom. The summed E-state index contributed by atoms with van der Waals surface area (Å²) >= 11 is 0. The fourth-order valence-electron chi connectivity index (χ4n) is 6.10. The minimum Gasteiger partial charge on any atom is -0.493 e. The number of ether oxygens (including phenoxy) is 5. The van der Waals surface area contributed by atoms with Crippen LogP contribution < -0.4 is 23.8 Å². The summed E-state index contributed by atoms with van der Waals surface area (Å²) in [6, 6.07) is 5.29. The number of aromatic amines is 1.